The summed E-state index contributed by atoms with van der Waals surface area (Å²) < 4.78 is 4.93. The fraction of sp³-hybridized carbons (Fsp3) is 0.375. The summed E-state index contributed by atoms with van der Waals surface area (Å²) in [5.41, 5.74) is 2.16. The number of rotatable bonds is 2. The van der Waals surface area contributed by atoms with Gasteiger partial charge in [0, 0.05) is 19.0 Å². The Hall–Kier alpha value is -0.890. The molecule has 1 rings (SSSR count). The largest absolute Gasteiger partial charge is 0.380 e. The van der Waals surface area contributed by atoms with Crippen LogP contribution in [0.2, 0.25) is 0 Å². The van der Waals surface area contributed by atoms with Crippen molar-refractivity contribution in [1.82, 2.24) is 4.98 Å². The number of pyridine rings is 1. The van der Waals surface area contributed by atoms with Crippen molar-refractivity contribution in [3.63, 3.8) is 0 Å². The molecule has 1 aromatic heterocycles. The second-order valence-corrected chi connectivity index (χ2v) is 2.24. The Labute approximate surface area is 60.9 Å². The van der Waals surface area contributed by atoms with Crippen molar-refractivity contribution in [2.75, 3.05) is 7.11 Å². The van der Waals surface area contributed by atoms with Gasteiger partial charge in [0.2, 0.25) is 0 Å². The van der Waals surface area contributed by atoms with Gasteiger partial charge >= 0.3 is 0 Å². The van der Waals surface area contributed by atoms with Crippen LogP contribution in [-0.4, -0.2) is 12.1 Å². The summed E-state index contributed by atoms with van der Waals surface area (Å²) in [6, 6.07) is 4.00. The van der Waals surface area contributed by atoms with E-state index in [-0.39, 0.29) is 0 Å². The van der Waals surface area contributed by atoms with Crippen LogP contribution in [0, 0.1) is 6.92 Å². The zero-order chi connectivity index (χ0) is 7.40. The zero-order valence-corrected chi connectivity index (χ0v) is 6.29. The second-order valence-electron chi connectivity index (χ2n) is 2.24. The van der Waals surface area contributed by atoms with Crippen molar-refractivity contribution in [1.29, 1.82) is 0 Å². The third-order valence-corrected chi connectivity index (χ3v) is 1.28. The number of aryl methyl sites for hydroxylation is 1. The third kappa shape index (κ3) is 1.81. The fourth-order valence-electron chi connectivity index (χ4n) is 0.750. The van der Waals surface area contributed by atoms with Crippen molar-refractivity contribution in [3.05, 3.63) is 29.6 Å². The number of nitrogens with zero attached hydrogens (tertiary/aromatic N) is 1. The Morgan fingerprint density at radius 1 is 1.50 bits per heavy atom. The van der Waals surface area contributed by atoms with Gasteiger partial charge in [-0.1, -0.05) is 6.07 Å². The Bertz CT molecular complexity index is 193. The lowest BCUT2D eigenvalue weighted by molar-refractivity contribution is 0.184. The fourth-order valence-corrected chi connectivity index (χ4v) is 0.750. The van der Waals surface area contributed by atoms with Crippen molar-refractivity contribution in [3.8, 4) is 0 Å². The lowest BCUT2D eigenvalue weighted by Gasteiger charge is -1.97. The maximum absolute atomic E-state index is 4.93. The van der Waals surface area contributed by atoms with E-state index in [0.29, 0.717) is 6.61 Å². The molecular weight excluding hydrogens is 126 g/mol. The maximum Gasteiger partial charge on any atom is 0.0728 e. The molecule has 0 amide bonds. The molecule has 0 spiro atoms. The highest BCUT2D eigenvalue weighted by Gasteiger charge is 1.89. The van der Waals surface area contributed by atoms with Gasteiger partial charge in [0.05, 0.1) is 6.61 Å². The number of hydrogen-bond donors (Lipinski definition) is 0. The lowest BCUT2D eigenvalue weighted by Crippen LogP contribution is -1.88. The van der Waals surface area contributed by atoms with E-state index < -0.39 is 0 Å². The first-order valence-corrected chi connectivity index (χ1v) is 3.23. The number of aromatic nitrogens is 1. The molecule has 0 aliphatic carbocycles. The van der Waals surface area contributed by atoms with Crippen molar-refractivity contribution >= 4 is 0 Å². The molecule has 54 valence electrons. The molecule has 0 fully saturated rings. The molecule has 0 atom stereocenters. The number of methoxy groups -OCH3 is 1. The van der Waals surface area contributed by atoms with E-state index in [1.165, 1.54) is 0 Å². The molecule has 0 bridgehead atoms. The first-order valence-electron chi connectivity index (χ1n) is 3.23. The van der Waals surface area contributed by atoms with E-state index in [1.54, 1.807) is 7.11 Å². The average molecular weight is 137 g/mol. The maximum atomic E-state index is 4.93. The molecule has 10 heavy (non-hydrogen) atoms. The first-order chi connectivity index (χ1) is 4.83. The van der Waals surface area contributed by atoms with Gasteiger partial charge in [0.25, 0.3) is 0 Å². The predicted octanol–water partition coefficient (Wildman–Crippen LogP) is 1.54. The van der Waals surface area contributed by atoms with E-state index in [9.17, 15) is 0 Å². The molecule has 2 nitrogen and oxygen atoms in total. The average Bonchev–Trinajstić information content (AvgIpc) is 1.95. The molecule has 0 aliphatic heterocycles. The van der Waals surface area contributed by atoms with Crippen LogP contribution in [0.1, 0.15) is 11.3 Å². The van der Waals surface area contributed by atoms with E-state index in [2.05, 4.69) is 4.98 Å². The van der Waals surface area contributed by atoms with Crippen molar-refractivity contribution in [2.45, 2.75) is 13.5 Å². The summed E-state index contributed by atoms with van der Waals surface area (Å²) in [6.45, 7) is 2.61. The van der Waals surface area contributed by atoms with Gasteiger partial charge in [-0.15, -0.1) is 0 Å². The van der Waals surface area contributed by atoms with Crippen LogP contribution in [-0.2, 0) is 11.3 Å². The summed E-state index contributed by atoms with van der Waals surface area (Å²) in [4.78, 5) is 4.12. The van der Waals surface area contributed by atoms with E-state index in [1.807, 2.05) is 25.3 Å². The first kappa shape index (κ1) is 7.22. The van der Waals surface area contributed by atoms with Gasteiger partial charge in [0.1, 0.15) is 0 Å². The highest BCUT2D eigenvalue weighted by atomic mass is 16.5. The Balaban J connectivity index is 2.69. The van der Waals surface area contributed by atoms with Gasteiger partial charge in [0.15, 0.2) is 0 Å². The molecular formula is C8H11NO. The molecule has 0 saturated carbocycles. The van der Waals surface area contributed by atoms with Gasteiger partial charge in [-0.3, -0.25) is 4.98 Å². The van der Waals surface area contributed by atoms with Crippen LogP contribution in [0.3, 0.4) is 0 Å². The van der Waals surface area contributed by atoms with E-state index >= 15 is 0 Å². The summed E-state index contributed by atoms with van der Waals surface area (Å²) in [5, 5.41) is 0. The summed E-state index contributed by atoms with van der Waals surface area (Å²) in [5.74, 6) is 0. The van der Waals surface area contributed by atoms with Gasteiger partial charge in [-0.05, 0) is 18.6 Å². The van der Waals surface area contributed by atoms with Gasteiger partial charge in [-0.2, -0.15) is 0 Å². The normalized spacial score (nSPS) is 9.80. The monoisotopic (exact) mass is 137 g/mol. The third-order valence-electron chi connectivity index (χ3n) is 1.28. The van der Waals surface area contributed by atoms with Gasteiger partial charge < -0.3 is 4.74 Å². The second kappa shape index (κ2) is 3.32. The minimum absolute atomic E-state index is 0.646. The van der Waals surface area contributed by atoms with Crippen LogP contribution in [0.15, 0.2) is 18.3 Å². The van der Waals surface area contributed by atoms with Crippen molar-refractivity contribution < 1.29 is 4.74 Å². The van der Waals surface area contributed by atoms with Crippen molar-refractivity contribution in [2.24, 2.45) is 0 Å². The standard InChI is InChI=1S/C8H11NO/c1-7-3-4-8(5-9-7)6-10-2/h3-5H,6H2,1-2H3. The lowest BCUT2D eigenvalue weighted by atomic mass is 10.3. The quantitative estimate of drug-likeness (QED) is 0.616. The summed E-state index contributed by atoms with van der Waals surface area (Å²) in [7, 11) is 1.68. The van der Waals surface area contributed by atoms with Crippen LogP contribution in [0.4, 0.5) is 0 Å². The highest BCUT2D eigenvalue weighted by Crippen LogP contribution is 1.99. The summed E-state index contributed by atoms with van der Waals surface area (Å²) >= 11 is 0. The van der Waals surface area contributed by atoms with Crippen LogP contribution in [0.25, 0.3) is 0 Å². The minimum atomic E-state index is 0.646. The number of ether oxygens (including phenoxy) is 1. The molecule has 0 aliphatic rings. The molecule has 0 aromatic carbocycles. The topological polar surface area (TPSA) is 22.1 Å². The molecule has 0 unspecified atom stereocenters. The van der Waals surface area contributed by atoms with E-state index in [4.69, 9.17) is 4.74 Å². The Morgan fingerprint density at radius 2 is 2.30 bits per heavy atom. The van der Waals surface area contributed by atoms with Crippen LogP contribution >= 0.6 is 0 Å². The molecule has 0 radical (unpaired) electrons. The molecule has 2 heteroatoms. The Kier molecular flexibility index (Phi) is 2.40. The van der Waals surface area contributed by atoms with Crippen LogP contribution < -0.4 is 0 Å². The molecule has 0 N–H and O–H groups in total. The number of hydrogen-bond acceptors (Lipinski definition) is 2. The van der Waals surface area contributed by atoms with Gasteiger partial charge in [-0.25, -0.2) is 0 Å². The summed E-state index contributed by atoms with van der Waals surface area (Å²) in [6.07, 6.45) is 1.83. The Morgan fingerprint density at radius 3 is 2.80 bits per heavy atom. The molecule has 1 aromatic rings. The van der Waals surface area contributed by atoms with E-state index in [0.717, 1.165) is 11.3 Å². The zero-order valence-electron chi connectivity index (χ0n) is 6.29. The minimum Gasteiger partial charge on any atom is -0.380 e. The molecule has 0 saturated heterocycles. The SMILES string of the molecule is COCc1ccc(C)nc1. The van der Waals surface area contributed by atoms with Crippen LogP contribution in [0.5, 0.6) is 0 Å². The highest BCUT2D eigenvalue weighted by molar-refractivity contribution is 5.11. The predicted molar refractivity (Wildman–Crippen MR) is 39.7 cm³/mol. The smallest absolute Gasteiger partial charge is 0.0728 e. The molecule has 1 heterocycles.